The summed E-state index contributed by atoms with van der Waals surface area (Å²) in [5.41, 5.74) is 0. The van der Waals surface area contributed by atoms with Gasteiger partial charge in [-0.2, -0.15) is 0 Å². The van der Waals surface area contributed by atoms with Crippen molar-refractivity contribution in [1.29, 1.82) is 0 Å². The number of guanidine groups is 1. The number of hydrogen-bond acceptors (Lipinski definition) is 4. The molecule has 2 N–H and O–H groups in total. The Morgan fingerprint density at radius 1 is 1.00 bits per heavy atom. The number of aliphatic imine (C=N–C) groups is 1. The molecule has 0 fully saturated rings. The second-order valence-electron chi connectivity index (χ2n) is 3.64. The molecule has 0 aromatic carbocycles. The van der Waals surface area contributed by atoms with Gasteiger partial charge in [0.1, 0.15) is 0 Å². The molecule has 7 heteroatoms. The molecule has 0 saturated carbocycles. The van der Waals surface area contributed by atoms with Crippen LogP contribution < -0.4 is 10.6 Å². The van der Waals surface area contributed by atoms with Crippen molar-refractivity contribution in [2.24, 2.45) is 4.99 Å². The minimum Gasteiger partial charge on any atom is -0.383 e. The Balaban J connectivity index is 0. The fraction of sp³-hybridized carbons (Fsp3) is 0.917. The molecule has 0 bridgehead atoms. The largest absolute Gasteiger partial charge is 0.383 e. The third-order valence-electron chi connectivity index (χ3n) is 2.09. The first-order valence-electron chi connectivity index (χ1n) is 6.43. The molecule has 0 saturated heterocycles. The van der Waals surface area contributed by atoms with E-state index in [9.17, 15) is 0 Å². The molecule has 0 rings (SSSR count). The minimum absolute atomic E-state index is 0. The summed E-state index contributed by atoms with van der Waals surface area (Å²) in [6.45, 7) is 7.07. The molecule has 0 heterocycles. The Morgan fingerprint density at radius 2 is 1.74 bits per heavy atom. The van der Waals surface area contributed by atoms with Crippen molar-refractivity contribution in [2.75, 3.05) is 60.3 Å². The number of rotatable bonds is 11. The van der Waals surface area contributed by atoms with Gasteiger partial charge in [-0.15, -0.1) is 24.0 Å². The molecular weight excluding hydrogens is 361 g/mol. The molecular formula is C12H28IN3O3. The van der Waals surface area contributed by atoms with E-state index < -0.39 is 0 Å². The molecule has 0 unspecified atom stereocenters. The molecule has 6 nitrogen and oxygen atoms in total. The summed E-state index contributed by atoms with van der Waals surface area (Å²) in [4.78, 5) is 4.43. The van der Waals surface area contributed by atoms with E-state index in [1.54, 1.807) is 14.2 Å². The lowest BCUT2D eigenvalue weighted by atomic mass is 10.4. The van der Waals surface area contributed by atoms with Crippen LogP contribution in [0.1, 0.15) is 13.3 Å². The maximum absolute atomic E-state index is 5.36. The Bertz CT molecular complexity index is 207. The van der Waals surface area contributed by atoms with Crippen LogP contribution in [0.4, 0.5) is 0 Å². The summed E-state index contributed by atoms with van der Waals surface area (Å²) in [6, 6.07) is 0. The Morgan fingerprint density at radius 3 is 2.37 bits per heavy atom. The molecule has 0 aromatic rings. The highest BCUT2D eigenvalue weighted by atomic mass is 127. The van der Waals surface area contributed by atoms with E-state index in [4.69, 9.17) is 14.2 Å². The van der Waals surface area contributed by atoms with Crippen LogP contribution in [-0.4, -0.2) is 66.2 Å². The SMILES string of the molecule is CCNC(=NCCCOCCOC)NCCOC.I. The van der Waals surface area contributed by atoms with E-state index in [2.05, 4.69) is 15.6 Å². The van der Waals surface area contributed by atoms with Crippen LogP contribution in [0.25, 0.3) is 0 Å². The summed E-state index contributed by atoms with van der Waals surface area (Å²) in [5, 5.41) is 6.36. The molecule has 0 atom stereocenters. The maximum Gasteiger partial charge on any atom is 0.191 e. The molecule has 0 spiro atoms. The number of nitrogens with one attached hydrogen (secondary N) is 2. The smallest absolute Gasteiger partial charge is 0.191 e. The van der Waals surface area contributed by atoms with E-state index in [1.807, 2.05) is 6.92 Å². The zero-order chi connectivity index (χ0) is 13.5. The summed E-state index contributed by atoms with van der Waals surface area (Å²) < 4.78 is 15.2. The summed E-state index contributed by atoms with van der Waals surface area (Å²) in [7, 11) is 3.35. The van der Waals surface area contributed by atoms with Crippen LogP contribution in [0.2, 0.25) is 0 Å². The van der Waals surface area contributed by atoms with Crippen LogP contribution in [0, 0.1) is 0 Å². The standard InChI is InChI=1S/C12H27N3O3.HI/c1-4-13-12(15-7-9-16-2)14-6-5-8-18-11-10-17-3;/h4-11H2,1-3H3,(H2,13,14,15);1H. The van der Waals surface area contributed by atoms with Crippen molar-refractivity contribution < 1.29 is 14.2 Å². The van der Waals surface area contributed by atoms with Gasteiger partial charge in [0.25, 0.3) is 0 Å². The van der Waals surface area contributed by atoms with Gasteiger partial charge in [-0.05, 0) is 13.3 Å². The van der Waals surface area contributed by atoms with Gasteiger partial charge in [0.15, 0.2) is 5.96 Å². The fourth-order valence-corrected chi connectivity index (χ4v) is 1.22. The van der Waals surface area contributed by atoms with Gasteiger partial charge in [0, 0.05) is 40.5 Å². The van der Waals surface area contributed by atoms with Crippen molar-refractivity contribution in [3.8, 4) is 0 Å². The lowest BCUT2D eigenvalue weighted by molar-refractivity contribution is 0.0702. The van der Waals surface area contributed by atoms with Crippen molar-refractivity contribution in [2.45, 2.75) is 13.3 Å². The van der Waals surface area contributed by atoms with Gasteiger partial charge in [-0.1, -0.05) is 0 Å². The van der Waals surface area contributed by atoms with E-state index in [0.717, 1.165) is 32.0 Å². The third-order valence-corrected chi connectivity index (χ3v) is 2.09. The van der Waals surface area contributed by atoms with E-state index in [0.29, 0.717) is 26.4 Å². The number of nitrogens with zero attached hydrogens (tertiary/aromatic N) is 1. The Kier molecular flexibility index (Phi) is 19.9. The van der Waals surface area contributed by atoms with Crippen molar-refractivity contribution in [3.63, 3.8) is 0 Å². The topological polar surface area (TPSA) is 64.1 Å². The number of ether oxygens (including phenoxy) is 3. The van der Waals surface area contributed by atoms with Crippen LogP contribution in [0.5, 0.6) is 0 Å². The van der Waals surface area contributed by atoms with Gasteiger partial charge in [0.05, 0.1) is 19.8 Å². The zero-order valence-corrected chi connectivity index (χ0v) is 14.6. The average molecular weight is 389 g/mol. The lowest BCUT2D eigenvalue weighted by Gasteiger charge is -2.10. The second-order valence-corrected chi connectivity index (χ2v) is 3.64. The maximum atomic E-state index is 5.36. The third kappa shape index (κ3) is 15.8. The van der Waals surface area contributed by atoms with Crippen LogP contribution in [-0.2, 0) is 14.2 Å². The zero-order valence-electron chi connectivity index (χ0n) is 12.2. The van der Waals surface area contributed by atoms with Gasteiger partial charge >= 0.3 is 0 Å². The van der Waals surface area contributed by atoms with Crippen LogP contribution >= 0.6 is 24.0 Å². The Hall–Kier alpha value is -0.120. The molecule has 0 aliphatic rings. The van der Waals surface area contributed by atoms with Crippen LogP contribution in [0.15, 0.2) is 4.99 Å². The molecule has 0 aliphatic carbocycles. The van der Waals surface area contributed by atoms with Crippen molar-refractivity contribution in [1.82, 2.24) is 10.6 Å². The number of halogens is 1. The van der Waals surface area contributed by atoms with Gasteiger partial charge in [-0.3, -0.25) is 4.99 Å². The summed E-state index contributed by atoms with van der Waals surface area (Å²) >= 11 is 0. The van der Waals surface area contributed by atoms with E-state index >= 15 is 0 Å². The first kappa shape index (κ1) is 21.2. The molecule has 116 valence electrons. The summed E-state index contributed by atoms with van der Waals surface area (Å²) in [5.74, 6) is 0.825. The van der Waals surface area contributed by atoms with E-state index in [-0.39, 0.29) is 24.0 Å². The lowest BCUT2D eigenvalue weighted by Crippen LogP contribution is -2.39. The number of methoxy groups -OCH3 is 2. The van der Waals surface area contributed by atoms with Crippen molar-refractivity contribution in [3.05, 3.63) is 0 Å². The fourth-order valence-electron chi connectivity index (χ4n) is 1.22. The quantitative estimate of drug-likeness (QED) is 0.238. The normalized spacial score (nSPS) is 11.0. The highest BCUT2D eigenvalue weighted by Crippen LogP contribution is 1.85. The Labute approximate surface area is 133 Å². The average Bonchev–Trinajstić information content (AvgIpc) is 2.38. The second kappa shape index (κ2) is 17.9. The van der Waals surface area contributed by atoms with Gasteiger partial charge < -0.3 is 24.8 Å². The predicted molar refractivity (Wildman–Crippen MR) is 88.6 cm³/mol. The summed E-state index contributed by atoms with van der Waals surface area (Å²) in [6.07, 6.45) is 0.907. The highest BCUT2D eigenvalue weighted by Gasteiger charge is 1.95. The minimum atomic E-state index is 0. The number of hydrogen-bond donors (Lipinski definition) is 2. The van der Waals surface area contributed by atoms with Gasteiger partial charge in [0.2, 0.25) is 0 Å². The molecule has 0 aliphatic heterocycles. The highest BCUT2D eigenvalue weighted by molar-refractivity contribution is 14.0. The monoisotopic (exact) mass is 389 g/mol. The predicted octanol–water partition coefficient (Wildman–Crippen LogP) is 0.859. The van der Waals surface area contributed by atoms with Gasteiger partial charge in [-0.25, -0.2) is 0 Å². The molecule has 0 aromatic heterocycles. The molecule has 0 amide bonds. The first-order chi connectivity index (χ1) is 8.85. The first-order valence-corrected chi connectivity index (χ1v) is 6.43. The molecule has 19 heavy (non-hydrogen) atoms. The van der Waals surface area contributed by atoms with Crippen molar-refractivity contribution >= 4 is 29.9 Å². The van der Waals surface area contributed by atoms with Crippen LogP contribution in [0.3, 0.4) is 0 Å². The van der Waals surface area contributed by atoms with E-state index in [1.165, 1.54) is 0 Å². The molecule has 0 radical (unpaired) electrons.